The highest BCUT2D eigenvalue weighted by molar-refractivity contribution is 5.89. The summed E-state index contributed by atoms with van der Waals surface area (Å²) in [5.74, 6) is -1.79. The Labute approximate surface area is 116 Å². The summed E-state index contributed by atoms with van der Waals surface area (Å²) in [6.07, 6.45) is 1.23. The Hall–Kier alpha value is -3.30. The van der Waals surface area contributed by atoms with Gasteiger partial charge >= 0.3 is 11.8 Å². The predicted octanol–water partition coefficient (Wildman–Crippen LogP) is 1.70. The molecule has 0 unspecified atom stereocenters. The van der Waals surface area contributed by atoms with E-state index in [1.165, 1.54) is 19.2 Å². The molecule has 0 aliphatic rings. The van der Waals surface area contributed by atoms with Crippen LogP contribution in [0.15, 0.2) is 24.4 Å². The van der Waals surface area contributed by atoms with Gasteiger partial charge in [0.25, 0.3) is 5.69 Å². The molecule has 1 aromatic heterocycles. The molecule has 0 bridgehead atoms. The Morgan fingerprint density at radius 3 is 2.43 bits per heavy atom. The molecule has 0 fully saturated rings. The second-order valence-corrected chi connectivity index (χ2v) is 4.08. The highest BCUT2D eigenvalue weighted by Gasteiger charge is 2.22. The Bertz CT molecular complexity index is 766. The number of hydrogen-bond acceptors (Lipinski definition) is 6. The van der Waals surface area contributed by atoms with E-state index in [1.54, 1.807) is 0 Å². The van der Waals surface area contributed by atoms with Gasteiger partial charge in [-0.2, -0.15) is 0 Å². The summed E-state index contributed by atoms with van der Waals surface area (Å²) in [4.78, 5) is 31.2. The predicted molar refractivity (Wildman–Crippen MR) is 68.6 cm³/mol. The molecular weight excluding hydrogens is 284 g/mol. The smallest absolute Gasteiger partial charge is 0.390 e. The van der Waals surface area contributed by atoms with Crippen molar-refractivity contribution < 1.29 is 19.7 Å². The maximum Gasteiger partial charge on any atom is 0.390 e. The maximum atomic E-state index is 11.0. The van der Waals surface area contributed by atoms with Crippen molar-refractivity contribution in [2.24, 2.45) is 0 Å². The zero-order chi connectivity index (χ0) is 15.7. The highest BCUT2D eigenvalue weighted by Crippen LogP contribution is 2.27. The van der Waals surface area contributed by atoms with Gasteiger partial charge in [0.15, 0.2) is 0 Å². The zero-order valence-electron chi connectivity index (χ0n) is 10.6. The number of carboxylic acid groups (broad SMARTS) is 1. The fraction of sp³-hybridized carbons (Fsp3) is 0.0909. The van der Waals surface area contributed by atoms with Crippen LogP contribution in [0.25, 0.3) is 5.69 Å². The molecule has 2 rings (SSSR count). The normalized spacial score (nSPS) is 10.3. The van der Waals surface area contributed by atoms with E-state index >= 15 is 0 Å². The number of benzene rings is 1. The van der Waals surface area contributed by atoms with E-state index in [4.69, 9.17) is 5.11 Å². The largest absolute Gasteiger partial charge is 0.478 e. The third-order valence-corrected chi connectivity index (χ3v) is 2.81. The van der Waals surface area contributed by atoms with Gasteiger partial charge in [-0.3, -0.25) is 10.1 Å². The van der Waals surface area contributed by atoms with Crippen LogP contribution < -0.4 is 0 Å². The van der Waals surface area contributed by atoms with Crippen molar-refractivity contribution in [3.05, 3.63) is 55.8 Å². The Morgan fingerprint density at radius 2 is 1.95 bits per heavy atom. The van der Waals surface area contributed by atoms with Crippen molar-refractivity contribution in [1.29, 1.82) is 0 Å². The fourth-order valence-electron chi connectivity index (χ4n) is 1.78. The molecule has 1 heterocycles. The molecule has 0 saturated heterocycles. The van der Waals surface area contributed by atoms with Gasteiger partial charge in [0, 0.05) is 6.07 Å². The van der Waals surface area contributed by atoms with Gasteiger partial charge in [0.1, 0.15) is 0 Å². The van der Waals surface area contributed by atoms with Gasteiger partial charge in [-0.1, -0.05) is 0 Å². The number of carboxylic acids is 1. The van der Waals surface area contributed by atoms with E-state index in [1.807, 2.05) is 0 Å². The quantitative estimate of drug-likeness (QED) is 0.667. The minimum absolute atomic E-state index is 0.0923. The SMILES string of the molecule is Cc1c(-n2ccc([N+](=O)[O-])n2)cc(C(=O)O)cc1[N+](=O)[O-]. The van der Waals surface area contributed by atoms with Crippen molar-refractivity contribution in [2.45, 2.75) is 6.92 Å². The van der Waals surface area contributed by atoms with Crippen LogP contribution in [0, 0.1) is 27.2 Å². The van der Waals surface area contributed by atoms with E-state index in [9.17, 15) is 25.0 Å². The van der Waals surface area contributed by atoms with Crippen LogP contribution in [0.5, 0.6) is 0 Å². The van der Waals surface area contributed by atoms with Crippen molar-refractivity contribution in [3.8, 4) is 5.69 Å². The third-order valence-electron chi connectivity index (χ3n) is 2.81. The minimum Gasteiger partial charge on any atom is -0.478 e. The average Bonchev–Trinajstić information content (AvgIpc) is 2.87. The Balaban J connectivity index is 2.68. The van der Waals surface area contributed by atoms with Crippen molar-refractivity contribution >= 4 is 17.5 Å². The lowest BCUT2D eigenvalue weighted by Crippen LogP contribution is -2.06. The molecule has 108 valence electrons. The van der Waals surface area contributed by atoms with Crippen LogP contribution in [0.2, 0.25) is 0 Å². The van der Waals surface area contributed by atoms with Crippen LogP contribution in [-0.4, -0.2) is 30.7 Å². The second-order valence-electron chi connectivity index (χ2n) is 4.08. The molecule has 0 amide bonds. The maximum absolute atomic E-state index is 11.0. The molecule has 0 aliphatic heterocycles. The van der Waals surface area contributed by atoms with Crippen molar-refractivity contribution in [1.82, 2.24) is 9.78 Å². The van der Waals surface area contributed by atoms with Gasteiger partial charge in [0.2, 0.25) is 0 Å². The number of nitro groups is 2. The molecule has 0 spiro atoms. The average molecular weight is 292 g/mol. The first-order valence-corrected chi connectivity index (χ1v) is 5.54. The lowest BCUT2D eigenvalue weighted by atomic mass is 10.1. The number of aromatic nitrogens is 2. The van der Waals surface area contributed by atoms with E-state index in [0.29, 0.717) is 0 Å². The highest BCUT2D eigenvalue weighted by atomic mass is 16.6. The van der Waals surface area contributed by atoms with Gasteiger partial charge < -0.3 is 15.2 Å². The molecule has 0 aliphatic carbocycles. The van der Waals surface area contributed by atoms with Gasteiger partial charge in [-0.25, -0.2) is 4.79 Å². The van der Waals surface area contributed by atoms with Gasteiger partial charge in [-0.15, -0.1) is 4.68 Å². The third kappa shape index (κ3) is 2.54. The number of rotatable bonds is 4. The van der Waals surface area contributed by atoms with Crippen molar-refractivity contribution in [3.63, 3.8) is 0 Å². The summed E-state index contributed by atoms with van der Waals surface area (Å²) < 4.78 is 1.03. The molecular formula is C11H8N4O6. The summed E-state index contributed by atoms with van der Waals surface area (Å²) in [5.41, 5.74) is -0.457. The first kappa shape index (κ1) is 14.1. The molecule has 0 saturated carbocycles. The monoisotopic (exact) mass is 292 g/mol. The van der Waals surface area contributed by atoms with E-state index in [2.05, 4.69) is 5.10 Å². The first-order valence-electron chi connectivity index (χ1n) is 5.54. The number of carbonyl (C=O) groups is 1. The summed E-state index contributed by atoms with van der Waals surface area (Å²) >= 11 is 0. The summed E-state index contributed by atoms with van der Waals surface area (Å²) in [7, 11) is 0. The number of hydrogen-bond donors (Lipinski definition) is 1. The van der Waals surface area contributed by atoms with Crippen LogP contribution >= 0.6 is 0 Å². The van der Waals surface area contributed by atoms with Crippen LogP contribution in [0.4, 0.5) is 11.5 Å². The van der Waals surface area contributed by atoms with Crippen molar-refractivity contribution in [2.75, 3.05) is 0 Å². The summed E-state index contributed by atoms with van der Waals surface area (Å²) in [6, 6.07) is 3.21. The summed E-state index contributed by atoms with van der Waals surface area (Å²) in [5, 5.41) is 34.2. The fourth-order valence-corrected chi connectivity index (χ4v) is 1.78. The van der Waals surface area contributed by atoms with E-state index in [0.717, 1.165) is 16.8 Å². The molecule has 10 heteroatoms. The van der Waals surface area contributed by atoms with E-state index in [-0.39, 0.29) is 16.8 Å². The van der Waals surface area contributed by atoms with Crippen LogP contribution in [0.3, 0.4) is 0 Å². The molecule has 10 nitrogen and oxygen atoms in total. The standard InChI is InChI=1S/C11H8N4O6/c1-6-8(13-3-2-10(12-13)15(20)21)4-7(11(16)17)5-9(6)14(18)19/h2-5H,1H3,(H,16,17). The second kappa shape index (κ2) is 5.00. The van der Waals surface area contributed by atoms with Gasteiger partial charge in [-0.05, 0) is 17.9 Å². The van der Waals surface area contributed by atoms with Crippen LogP contribution in [-0.2, 0) is 0 Å². The molecule has 1 aromatic carbocycles. The minimum atomic E-state index is -1.35. The number of nitrogens with zero attached hydrogens (tertiary/aromatic N) is 4. The zero-order valence-corrected chi connectivity index (χ0v) is 10.6. The molecule has 1 N–H and O–H groups in total. The number of aromatic carboxylic acids is 1. The number of nitro benzene ring substituents is 1. The first-order chi connectivity index (χ1) is 9.81. The topological polar surface area (TPSA) is 141 Å². The molecule has 0 radical (unpaired) electrons. The van der Waals surface area contributed by atoms with Crippen LogP contribution in [0.1, 0.15) is 15.9 Å². The Morgan fingerprint density at radius 1 is 1.29 bits per heavy atom. The molecule has 0 atom stereocenters. The lowest BCUT2D eigenvalue weighted by Gasteiger charge is -2.05. The van der Waals surface area contributed by atoms with Gasteiger partial charge in [0.05, 0.1) is 39.1 Å². The molecule has 21 heavy (non-hydrogen) atoms. The molecule has 2 aromatic rings. The summed E-state index contributed by atoms with van der Waals surface area (Å²) in [6.45, 7) is 1.41. The lowest BCUT2D eigenvalue weighted by molar-refractivity contribution is -0.389. The Kier molecular flexibility index (Phi) is 3.36. The van der Waals surface area contributed by atoms with E-state index < -0.39 is 27.3 Å².